The third-order valence-electron chi connectivity index (χ3n) is 4.52. The standard InChI is InChI=1S/C17H27FN2O2/c1-17(2,18)13-7-12(15(21-4)8-16(13)22-5)14-6-11(9-19)10-20(14)3/h7-8,11,14H,6,9-10,19H2,1-5H3. The molecule has 2 rings (SSSR count). The van der Waals surface area contributed by atoms with Gasteiger partial charge in [0.1, 0.15) is 17.2 Å². The van der Waals surface area contributed by atoms with Crippen LogP contribution < -0.4 is 15.2 Å². The molecule has 1 aromatic rings. The van der Waals surface area contributed by atoms with Crippen molar-refractivity contribution < 1.29 is 13.9 Å². The maximum atomic E-state index is 14.6. The van der Waals surface area contributed by atoms with Gasteiger partial charge in [0.2, 0.25) is 0 Å². The van der Waals surface area contributed by atoms with Crippen molar-refractivity contribution in [3.63, 3.8) is 0 Å². The number of halogens is 1. The van der Waals surface area contributed by atoms with Crippen molar-refractivity contribution in [2.45, 2.75) is 32.0 Å². The molecule has 2 N–H and O–H groups in total. The first-order valence-corrected chi connectivity index (χ1v) is 7.67. The van der Waals surface area contributed by atoms with E-state index in [0.717, 1.165) is 24.3 Å². The van der Waals surface area contributed by atoms with E-state index in [-0.39, 0.29) is 6.04 Å². The number of alkyl halides is 1. The molecule has 2 unspecified atom stereocenters. The Morgan fingerprint density at radius 1 is 1.27 bits per heavy atom. The fourth-order valence-corrected chi connectivity index (χ4v) is 3.29. The zero-order valence-electron chi connectivity index (χ0n) is 14.1. The largest absolute Gasteiger partial charge is 0.496 e. The van der Waals surface area contributed by atoms with Crippen LogP contribution in [0.4, 0.5) is 4.39 Å². The first kappa shape index (κ1) is 17.0. The molecular formula is C17H27FN2O2. The minimum atomic E-state index is -1.48. The number of nitrogens with zero attached hydrogens (tertiary/aromatic N) is 1. The van der Waals surface area contributed by atoms with E-state index >= 15 is 0 Å². The molecule has 124 valence electrons. The molecule has 0 saturated carbocycles. The number of nitrogens with two attached hydrogens (primary N) is 1. The van der Waals surface area contributed by atoms with Gasteiger partial charge in [0.25, 0.3) is 0 Å². The summed E-state index contributed by atoms with van der Waals surface area (Å²) in [4.78, 5) is 2.26. The normalized spacial score (nSPS) is 22.9. The molecule has 0 radical (unpaired) electrons. The number of benzene rings is 1. The maximum absolute atomic E-state index is 14.6. The molecule has 1 aliphatic heterocycles. The number of likely N-dealkylation sites (tertiary alicyclic amines) is 1. The summed E-state index contributed by atoms with van der Waals surface area (Å²) in [6, 6.07) is 3.86. The van der Waals surface area contributed by atoms with Crippen LogP contribution in [-0.4, -0.2) is 39.3 Å². The molecule has 0 aromatic heterocycles. The van der Waals surface area contributed by atoms with Gasteiger partial charge in [-0.25, -0.2) is 4.39 Å². The van der Waals surface area contributed by atoms with Gasteiger partial charge in [-0.1, -0.05) is 0 Å². The highest BCUT2D eigenvalue weighted by Gasteiger charge is 2.34. The van der Waals surface area contributed by atoms with Crippen molar-refractivity contribution in [1.29, 1.82) is 0 Å². The van der Waals surface area contributed by atoms with E-state index in [4.69, 9.17) is 15.2 Å². The molecule has 1 heterocycles. The van der Waals surface area contributed by atoms with Crippen LogP contribution in [0.15, 0.2) is 12.1 Å². The van der Waals surface area contributed by atoms with Crippen LogP contribution in [0.1, 0.15) is 37.4 Å². The Bertz CT molecular complexity index is 528. The second kappa shape index (κ2) is 6.42. The molecular weight excluding hydrogens is 283 g/mol. The molecule has 0 amide bonds. The van der Waals surface area contributed by atoms with Gasteiger partial charge in [-0.05, 0) is 45.8 Å². The third kappa shape index (κ3) is 3.20. The lowest BCUT2D eigenvalue weighted by atomic mass is 9.92. The van der Waals surface area contributed by atoms with E-state index in [2.05, 4.69) is 11.9 Å². The van der Waals surface area contributed by atoms with Crippen LogP contribution in [0.25, 0.3) is 0 Å². The number of hydrogen-bond donors (Lipinski definition) is 1. The van der Waals surface area contributed by atoms with Crippen LogP contribution in [0.3, 0.4) is 0 Å². The van der Waals surface area contributed by atoms with Crippen LogP contribution in [0.5, 0.6) is 11.5 Å². The minimum absolute atomic E-state index is 0.190. The number of rotatable bonds is 5. The van der Waals surface area contributed by atoms with Crippen molar-refractivity contribution >= 4 is 0 Å². The highest BCUT2D eigenvalue weighted by molar-refractivity contribution is 5.50. The summed E-state index contributed by atoms with van der Waals surface area (Å²) in [6.45, 7) is 4.70. The second-order valence-corrected chi connectivity index (χ2v) is 6.56. The Hall–Kier alpha value is -1.33. The Morgan fingerprint density at radius 2 is 1.91 bits per heavy atom. The van der Waals surface area contributed by atoms with Crippen LogP contribution >= 0.6 is 0 Å². The predicted molar refractivity (Wildman–Crippen MR) is 86.2 cm³/mol. The molecule has 0 bridgehead atoms. The van der Waals surface area contributed by atoms with E-state index in [1.54, 1.807) is 34.1 Å². The van der Waals surface area contributed by atoms with Gasteiger partial charge in [0, 0.05) is 29.8 Å². The van der Waals surface area contributed by atoms with Crippen molar-refractivity contribution in [3.05, 3.63) is 23.3 Å². The van der Waals surface area contributed by atoms with E-state index in [0.29, 0.717) is 23.8 Å². The molecule has 1 saturated heterocycles. The SMILES string of the molecule is COc1cc(OC)c(C(C)(C)F)cc1C1CC(CN)CN1C. The van der Waals surface area contributed by atoms with Crippen molar-refractivity contribution in [3.8, 4) is 11.5 Å². The van der Waals surface area contributed by atoms with Gasteiger partial charge < -0.3 is 15.2 Å². The molecule has 5 heteroatoms. The van der Waals surface area contributed by atoms with Gasteiger partial charge >= 0.3 is 0 Å². The molecule has 4 nitrogen and oxygen atoms in total. The average molecular weight is 310 g/mol. The smallest absolute Gasteiger partial charge is 0.134 e. The minimum Gasteiger partial charge on any atom is -0.496 e. The highest BCUT2D eigenvalue weighted by atomic mass is 19.1. The van der Waals surface area contributed by atoms with Crippen LogP contribution in [0, 0.1) is 5.92 Å². The maximum Gasteiger partial charge on any atom is 0.134 e. The van der Waals surface area contributed by atoms with E-state index in [9.17, 15) is 4.39 Å². The average Bonchev–Trinajstić information content (AvgIpc) is 2.85. The third-order valence-corrected chi connectivity index (χ3v) is 4.52. The Kier molecular flexibility index (Phi) is 4.97. The molecule has 22 heavy (non-hydrogen) atoms. The Labute approximate surface area is 132 Å². The summed E-state index contributed by atoms with van der Waals surface area (Å²) in [5, 5.41) is 0. The van der Waals surface area contributed by atoms with Crippen LogP contribution in [-0.2, 0) is 5.67 Å². The topological polar surface area (TPSA) is 47.7 Å². The van der Waals surface area contributed by atoms with Gasteiger partial charge in [-0.15, -0.1) is 0 Å². The summed E-state index contributed by atoms with van der Waals surface area (Å²) < 4.78 is 25.4. The fourth-order valence-electron chi connectivity index (χ4n) is 3.29. The summed E-state index contributed by atoms with van der Waals surface area (Å²) in [7, 11) is 5.26. The molecule has 0 aliphatic carbocycles. The predicted octanol–water partition coefficient (Wildman–Crippen LogP) is 2.86. The Balaban J connectivity index is 2.50. The van der Waals surface area contributed by atoms with Crippen molar-refractivity contribution in [2.75, 3.05) is 34.4 Å². The second-order valence-electron chi connectivity index (χ2n) is 6.56. The summed E-state index contributed by atoms with van der Waals surface area (Å²) in [6.07, 6.45) is 0.960. The zero-order chi connectivity index (χ0) is 16.5. The first-order chi connectivity index (χ1) is 10.3. The lowest BCUT2D eigenvalue weighted by Gasteiger charge is -2.26. The van der Waals surface area contributed by atoms with Gasteiger partial charge in [0.05, 0.1) is 14.2 Å². The quantitative estimate of drug-likeness (QED) is 0.908. The first-order valence-electron chi connectivity index (χ1n) is 7.67. The molecule has 0 spiro atoms. The number of hydrogen-bond acceptors (Lipinski definition) is 4. The zero-order valence-corrected chi connectivity index (χ0v) is 14.1. The van der Waals surface area contributed by atoms with Crippen LogP contribution in [0.2, 0.25) is 0 Å². The summed E-state index contributed by atoms with van der Waals surface area (Å²) >= 11 is 0. The van der Waals surface area contributed by atoms with Gasteiger partial charge in [-0.3, -0.25) is 4.90 Å². The molecule has 1 fully saturated rings. The lowest BCUT2D eigenvalue weighted by molar-refractivity contribution is 0.212. The highest BCUT2D eigenvalue weighted by Crippen LogP contribution is 2.44. The fraction of sp³-hybridized carbons (Fsp3) is 0.647. The van der Waals surface area contributed by atoms with E-state index in [1.165, 1.54) is 0 Å². The van der Waals surface area contributed by atoms with E-state index in [1.807, 2.05) is 6.07 Å². The van der Waals surface area contributed by atoms with Crippen molar-refractivity contribution in [1.82, 2.24) is 4.90 Å². The molecule has 1 aromatic carbocycles. The number of methoxy groups -OCH3 is 2. The van der Waals surface area contributed by atoms with Gasteiger partial charge in [0.15, 0.2) is 0 Å². The summed E-state index contributed by atoms with van der Waals surface area (Å²) in [5.41, 5.74) is 5.89. The molecule has 2 atom stereocenters. The van der Waals surface area contributed by atoms with E-state index < -0.39 is 5.67 Å². The summed E-state index contributed by atoms with van der Waals surface area (Å²) in [5.74, 6) is 1.71. The van der Waals surface area contributed by atoms with Crippen molar-refractivity contribution in [2.24, 2.45) is 11.7 Å². The number of ether oxygens (including phenoxy) is 2. The lowest BCUT2D eigenvalue weighted by Crippen LogP contribution is -2.21. The monoisotopic (exact) mass is 310 g/mol. The Morgan fingerprint density at radius 3 is 2.36 bits per heavy atom. The van der Waals surface area contributed by atoms with Gasteiger partial charge in [-0.2, -0.15) is 0 Å². The molecule has 1 aliphatic rings.